The van der Waals surface area contributed by atoms with Crippen LogP contribution in [0.5, 0.6) is 5.75 Å². The van der Waals surface area contributed by atoms with Crippen molar-refractivity contribution in [1.82, 2.24) is 4.90 Å². The summed E-state index contributed by atoms with van der Waals surface area (Å²) in [5.74, 6) is 0.00170. The summed E-state index contributed by atoms with van der Waals surface area (Å²) in [5, 5.41) is 0. The third-order valence-electron chi connectivity index (χ3n) is 3.48. The Hall–Kier alpha value is -2.82. The maximum absolute atomic E-state index is 12.4. The SMILES string of the molecule is CN(CC(=O)OC(C)(C)C)C(=O)c1ccc(OCc2ccccc2)cc1. The zero-order chi connectivity index (χ0) is 19.2. The highest BCUT2D eigenvalue weighted by Crippen LogP contribution is 2.15. The first-order valence-electron chi connectivity index (χ1n) is 8.49. The van der Waals surface area contributed by atoms with Crippen LogP contribution in [0.2, 0.25) is 0 Å². The number of carbonyl (C=O) groups is 2. The van der Waals surface area contributed by atoms with E-state index >= 15 is 0 Å². The van der Waals surface area contributed by atoms with Crippen LogP contribution >= 0.6 is 0 Å². The molecule has 2 rings (SSSR count). The molecule has 0 saturated carbocycles. The van der Waals surface area contributed by atoms with Crippen LogP contribution in [0.25, 0.3) is 0 Å². The number of carbonyl (C=O) groups excluding carboxylic acids is 2. The average molecular weight is 355 g/mol. The van der Waals surface area contributed by atoms with E-state index in [4.69, 9.17) is 9.47 Å². The van der Waals surface area contributed by atoms with E-state index < -0.39 is 11.6 Å². The highest BCUT2D eigenvalue weighted by molar-refractivity contribution is 5.95. The zero-order valence-corrected chi connectivity index (χ0v) is 15.7. The van der Waals surface area contributed by atoms with Crippen molar-refractivity contribution in [3.63, 3.8) is 0 Å². The lowest BCUT2D eigenvalue weighted by molar-refractivity contribution is -0.155. The minimum atomic E-state index is -0.571. The van der Waals surface area contributed by atoms with E-state index in [1.807, 2.05) is 30.3 Å². The van der Waals surface area contributed by atoms with Gasteiger partial charge >= 0.3 is 5.97 Å². The van der Waals surface area contributed by atoms with Gasteiger partial charge in [0.1, 0.15) is 24.5 Å². The fraction of sp³-hybridized carbons (Fsp3) is 0.333. The molecule has 5 heteroatoms. The Morgan fingerprint density at radius 2 is 1.58 bits per heavy atom. The number of esters is 1. The summed E-state index contributed by atoms with van der Waals surface area (Å²) in [7, 11) is 1.58. The third kappa shape index (κ3) is 6.24. The summed E-state index contributed by atoms with van der Waals surface area (Å²) in [4.78, 5) is 25.6. The summed E-state index contributed by atoms with van der Waals surface area (Å²) < 4.78 is 10.9. The molecule has 0 saturated heterocycles. The van der Waals surface area contributed by atoms with Crippen LogP contribution in [0.1, 0.15) is 36.7 Å². The monoisotopic (exact) mass is 355 g/mol. The standard InChI is InChI=1S/C21H25NO4/c1-21(2,3)26-19(23)14-22(4)20(24)17-10-12-18(13-11-17)25-15-16-8-6-5-7-9-16/h5-13H,14-15H2,1-4H3. The lowest BCUT2D eigenvalue weighted by atomic mass is 10.2. The third-order valence-corrected chi connectivity index (χ3v) is 3.48. The van der Waals surface area contributed by atoms with Crippen LogP contribution < -0.4 is 4.74 Å². The molecular weight excluding hydrogens is 330 g/mol. The van der Waals surface area contributed by atoms with E-state index in [0.29, 0.717) is 17.9 Å². The molecule has 0 aliphatic carbocycles. The number of hydrogen-bond donors (Lipinski definition) is 0. The van der Waals surface area contributed by atoms with Crippen molar-refractivity contribution in [3.8, 4) is 5.75 Å². The summed E-state index contributed by atoms with van der Waals surface area (Å²) in [6, 6.07) is 16.7. The maximum atomic E-state index is 12.4. The predicted octanol–water partition coefficient (Wildman–Crippen LogP) is 3.68. The Morgan fingerprint density at radius 1 is 0.962 bits per heavy atom. The van der Waals surface area contributed by atoms with Gasteiger partial charge in [0.05, 0.1) is 0 Å². The second kappa shape index (κ2) is 8.52. The molecule has 0 unspecified atom stereocenters. The highest BCUT2D eigenvalue weighted by atomic mass is 16.6. The zero-order valence-electron chi connectivity index (χ0n) is 15.7. The van der Waals surface area contributed by atoms with Crippen LogP contribution in [0.15, 0.2) is 54.6 Å². The largest absolute Gasteiger partial charge is 0.489 e. The van der Waals surface area contributed by atoms with Crippen LogP contribution in [-0.4, -0.2) is 36.0 Å². The Morgan fingerprint density at radius 3 is 2.15 bits per heavy atom. The van der Waals surface area contributed by atoms with Crippen LogP contribution in [0.3, 0.4) is 0 Å². The minimum absolute atomic E-state index is 0.0949. The van der Waals surface area contributed by atoms with Gasteiger partial charge in [0.15, 0.2) is 0 Å². The van der Waals surface area contributed by atoms with Crippen molar-refractivity contribution in [2.75, 3.05) is 13.6 Å². The van der Waals surface area contributed by atoms with Crippen molar-refractivity contribution < 1.29 is 19.1 Å². The molecule has 2 aromatic carbocycles. The number of nitrogens with zero attached hydrogens (tertiary/aromatic N) is 1. The maximum Gasteiger partial charge on any atom is 0.326 e. The average Bonchev–Trinajstić information content (AvgIpc) is 2.59. The first-order chi connectivity index (χ1) is 12.2. The fourth-order valence-corrected chi connectivity index (χ4v) is 2.29. The van der Waals surface area contributed by atoms with E-state index in [9.17, 15) is 9.59 Å². The van der Waals surface area contributed by atoms with E-state index in [2.05, 4.69) is 0 Å². The minimum Gasteiger partial charge on any atom is -0.489 e. The van der Waals surface area contributed by atoms with E-state index in [1.165, 1.54) is 4.90 Å². The number of amides is 1. The molecule has 5 nitrogen and oxygen atoms in total. The molecule has 26 heavy (non-hydrogen) atoms. The number of rotatable bonds is 6. The molecule has 138 valence electrons. The number of benzene rings is 2. The van der Waals surface area contributed by atoms with E-state index in [1.54, 1.807) is 52.1 Å². The predicted molar refractivity (Wildman–Crippen MR) is 100 cm³/mol. The van der Waals surface area contributed by atoms with Crippen molar-refractivity contribution in [3.05, 3.63) is 65.7 Å². The molecular formula is C21H25NO4. The molecule has 0 fully saturated rings. The summed E-state index contributed by atoms with van der Waals surface area (Å²) in [5.41, 5.74) is 0.992. The normalized spacial score (nSPS) is 10.9. The van der Waals surface area contributed by atoms with Gasteiger partial charge in [-0.05, 0) is 50.6 Å². The van der Waals surface area contributed by atoms with Crippen LogP contribution in [-0.2, 0) is 16.1 Å². The van der Waals surface area contributed by atoms with Gasteiger partial charge in [-0.15, -0.1) is 0 Å². The molecule has 0 spiro atoms. The molecule has 0 radical (unpaired) electrons. The van der Waals surface area contributed by atoms with Gasteiger partial charge in [-0.2, -0.15) is 0 Å². The van der Waals surface area contributed by atoms with Crippen molar-refractivity contribution in [2.24, 2.45) is 0 Å². The number of hydrogen-bond acceptors (Lipinski definition) is 4. The summed E-state index contributed by atoms with van der Waals surface area (Å²) >= 11 is 0. The molecule has 0 N–H and O–H groups in total. The lowest BCUT2D eigenvalue weighted by Crippen LogP contribution is -2.36. The Labute approximate surface area is 154 Å². The molecule has 0 aliphatic heterocycles. The molecule has 1 amide bonds. The quantitative estimate of drug-likeness (QED) is 0.742. The van der Waals surface area contributed by atoms with Gasteiger partial charge in [0, 0.05) is 12.6 Å². The van der Waals surface area contributed by atoms with Crippen molar-refractivity contribution in [2.45, 2.75) is 33.0 Å². The summed E-state index contributed by atoms with van der Waals surface area (Å²) in [6.45, 7) is 5.75. The van der Waals surface area contributed by atoms with E-state index in [0.717, 1.165) is 5.56 Å². The molecule has 0 atom stereocenters. The smallest absolute Gasteiger partial charge is 0.326 e. The topological polar surface area (TPSA) is 55.8 Å². The number of likely N-dealkylation sites (N-methyl/N-ethyl adjacent to an activating group) is 1. The molecule has 0 aliphatic rings. The van der Waals surface area contributed by atoms with Crippen LogP contribution in [0.4, 0.5) is 0 Å². The Balaban J connectivity index is 1.90. The second-order valence-electron chi connectivity index (χ2n) is 7.05. The van der Waals surface area contributed by atoms with Gasteiger partial charge in [0.2, 0.25) is 0 Å². The van der Waals surface area contributed by atoms with Crippen molar-refractivity contribution in [1.29, 1.82) is 0 Å². The van der Waals surface area contributed by atoms with Gasteiger partial charge in [-0.1, -0.05) is 30.3 Å². The molecule has 0 aromatic heterocycles. The molecule has 2 aromatic rings. The van der Waals surface area contributed by atoms with Gasteiger partial charge in [-0.25, -0.2) is 0 Å². The van der Waals surface area contributed by atoms with Gasteiger partial charge in [0.25, 0.3) is 5.91 Å². The lowest BCUT2D eigenvalue weighted by Gasteiger charge is -2.22. The summed E-state index contributed by atoms with van der Waals surface area (Å²) in [6.07, 6.45) is 0. The van der Waals surface area contributed by atoms with Gasteiger partial charge < -0.3 is 14.4 Å². The molecule has 0 bridgehead atoms. The van der Waals surface area contributed by atoms with Crippen molar-refractivity contribution >= 4 is 11.9 Å². The van der Waals surface area contributed by atoms with E-state index in [-0.39, 0.29) is 12.5 Å². The van der Waals surface area contributed by atoms with Gasteiger partial charge in [-0.3, -0.25) is 9.59 Å². The molecule has 0 heterocycles. The fourth-order valence-electron chi connectivity index (χ4n) is 2.29. The Kier molecular flexibility index (Phi) is 6.39. The number of ether oxygens (including phenoxy) is 2. The first-order valence-corrected chi connectivity index (χ1v) is 8.49. The second-order valence-corrected chi connectivity index (χ2v) is 7.05. The highest BCUT2D eigenvalue weighted by Gasteiger charge is 2.20. The van der Waals surface area contributed by atoms with Crippen LogP contribution in [0, 0.1) is 0 Å². The first kappa shape index (κ1) is 19.5. The Bertz CT molecular complexity index is 733.